The fraction of sp³-hybridized carbons (Fsp3) is 0.143. The topological polar surface area (TPSA) is 33.2 Å². The van der Waals surface area contributed by atoms with E-state index in [-0.39, 0.29) is 16.1 Å². The van der Waals surface area contributed by atoms with E-state index in [1.807, 2.05) is 0 Å². The summed E-state index contributed by atoms with van der Waals surface area (Å²) in [7, 11) is 1.65. The standard InChI is InChI=1S/C14H10Cl4N2O/c1-20(7-8-2-9(15)4-10(16)3-8)14(21)11-5-13(18)19-6-12(11)17/h2-6H,7H2,1H3. The number of hydrogen-bond acceptors (Lipinski definition) is 2. The second-order valence-corrected chi connectivity index (χ2v) is 6.09. The zero-order chi connectivity index (χ0) is 15.6. The minimum Gasteiger partial charge on any atom is -0.337 e. The van der Waals surface area contributed by atoms with Crippen molar-refractivity contribution in [2.45, 2.75) is 6.54 Å². The fourth-order valence-electron chi connectivity index (χ4n) is 1.83. The van der Waals surface area contributed by atoms with Crippen LogP contribution < -0.4 is 0 Å². The number of carbonyl (C=O) groups is 1. The molecule has 0 N–H and O–H groups in total. The molecule has 2 rings (SSSR count). The van der Waals surface area contributed by atoms with Crippen molar-refractivity contribution in [1.29, 1.82) is 0 Å². The number of aromatic nitrogens is 1. The third-order valence-corrected chi connectivity index (χ3v) is 3.69. The molecule has 21 heavy (non-hydrogen) atoms. The largest absolute Gasteiger partial charge is 0.337 e. The number of hydrogen-bond donors (Lipinski definition) is 0. The summed E-state index contributed by atoms with van der Waals surface area (Å²) >= 11 is 23.7. The Morgan fingerprint density at radius 2 is 1.71 bits per heavy atom. The van der Waals surface area contributed by atoms with Crippen LogP contribution in [0.15, 0.2) is 30.5 Å². The first-order chi connectivity index (χ1) is 9.86. The molecule has 0 radical (unpaired) electrons. The Labute approximate surface area is 142 Å². The van der Waals surface area contributed by atoms with Gasteiger partial charge in [-0.25, -0.2) is 4.98 Å². The van der Waals surface area contributed by atoms with Crippen LogP contribution in [0.1, 0.15) is 15.9 Å². The van der Waals surface area contributed by atoms with Crippen LogP contribution in [0.5, 0.6) is 0 Å². The van der Waals surface area contributed by atoms with Crippen molar-refractivity contribution in [1.82, 2.24) is 9.88 Å². The van der Waals surface area contributed by atoms with Crippen LogP contribution in [0.4, 0.5) is 0 Å². The van der Waals surface area contributed by atoms with Gasteiger partial charge in [0.2, 0.25) is 0 Å². The van der Waals surface area contributed by atoms with Gasteiger partial charge in [-0.3, -0.25) is 4.79 Å². The molecule has 0 spiro atoms. The molecular weight excluding hydrogens is 354 g/mol. The van der Waals surface area contributed by atoms with Crippen LogP contribution in [0.25, 0.3) is 0 Å². The number of pyridine rings is 1. The third kappa shape index (κ3) is 4.24. The molecule has 0 unspecified atom stereocenters. The highest BCUT2D eigenvalue weighted by molar-refractivity contribution is 6.35. The average Bonchev–Trinajstić information content (AvgIpc) is 2.39. The highest BCUT2D eigenvalue weighted by Gasteiger charge is 2.16. The lowest BCUT2D eigenvalue weighted by atomic mass is 10.2. The molecule has 110 valence electrons. The Bertz CT molecular complexity index is 670. The molecule has 1 heterocycles. The maximum Gasteiger partial charge on any atom is 0.255 e. The molecule has 0 saturated carbocycles. The molecule has 0 bridgehead atoms. The molecule has 0 fully saturated rings. The predicted octanol–water partition coefficient (Wildman–Crippen LogP) is 4.97. The van der Waals surface area contributed by atoms with Gasteiger partial charge in [-0.2, -0.15) is 0 Å². The highest BCUT2D eigenvalue weighted by Crippen LogP contribution is 2.22. The molecule has 1 aromatic carbocycles. The number of halogens is 4. The summed E-state index contributed by atoms with van der Waals surface area (Å²) in [6.07, 6.45) is 1.35. The molecule has 3 nitrogen and oxygen atoms in total. The van der Waals surface area contributed by atoms with Crippen molar-refractivity contribution in [2.75, 3.05) is 7.05 Å². The zero-order valence-corrected chi connectivity index (χ0v) is 13.9. The second kappa shape index (κ2) is 6.84. The molecule has 0 saturated heterocycles. The minimum absolute atomic E-state index is 0.210. The number of nitrogens with zero attached hydrogens (tertiary/aromatic N) is 2. The van der Waals surface area contributed by atoms with Gasteiger partial charge < -0.3 is 4.90 Å². The molecule has 0 aliphatic carbocycles. The summed E-state index contributed by atoms with van der Waals surface area (Å²) in [6, 6.07) is 6.57. The van der Waals surface area contributed by atoms with Gasteiger partial charge in [0.15, 0.2) is 0 Å². The van der Waals surface area contributed by atoms with E-state index in [0.29, 0.717) is 22.2 Å². The van der Waals surface area contributed by atoms with Crippen molar-refractivity contribution in [3.63, 3.8) is 0 Å². The van der Waals surface area contributed by atoms with Gasteiger partial charge in [-0.05, 0) is 29.8 Å². The van der Waals surface area contributed by atoms with Crippen LogP contribution in [0.2, 0.25) is 20.2 Å². The molecule has 7 heteroatoms. The molecular formula is C14H10Cl4N2O. The highest BCUT2D eigenvalue weighted by atomic mass is 35.5. The quantitative estimate of drug-likeness (QED) is 0.721. The minimum atomic E-state index is -0.264. The van der Waals surface area contributed by atoms with E-state index in [9.17, 15) is 4.79 Å². The lowest BCUT2D eigenvalue weighted by Crippen LogP contribution is -2.26. The van der Waals surface area contributed by atoms with Crippen LogP contribution >= 0.6 is 46.4 Å². The molecule has 1 amide bonds. The Hall–Kier alpha value is -1.00. The van der Waals surface area contributed by atoms with Gasteiger partial charge in [0, 0.05) is 29.8 Å². The maximum absolute atomic E-state index is 12.4. The van der Waals surface area contributed by atoms with Crippen LogP contribution in [0.3, 0.4) is 0 Å². The summed E-state index contributed by atoms with van der Waals surface area (Å²) in [4.78, 5) is 17.7. The summed E-state index contributed by atoms with van der Waals surface area (Å²) < 4.78 is 0. The van der Waals surface area contributed by atoms with E-state index in [4.69, 9.17) is 46.4 Å². The Morgan fingerprint density at radius 3 is 2.33 bits per heavy atom. The Balaban J connectivity index is 2.21. The van der Waals surface area contributed by atoms with Gasteiger partial charge >= 0.3 is 0 Å². The molecule has 1 aromatic heterocycles. The summed E-state index contributed by atoms with van der Waals surface area (Å²) in [5, 5.41) is 1.49. The van der Waals surface area contributed by atoms with E-state index in [1.165, 1.54) is 17.2 Å². The van der Waals surface area contributed by atoms with E-state index < -0.39 is 0 Å². The zero-order valence-electron chi connectivity index (χ0n) is 10.9. The number of amides is 1. The predicted molar refractivity (Wildman–Crippen MR) is 86.5 cm³/mol. The number of carbonyl (C=O) groups excluding carboxylic acids is 1. The van der Waals surface area contributed by atoms with Crippen molar-refractivity contribution < 1.29 is 4.79 Å². The Morgan fingerprint density at radius 1 is 1.10 bits per heavy atom. The van der Waals surface area contributed by atoms with Crippen molar-refractivity contribution in [2.24, 2.45) is 0 Å². The van der Waals surface area contributed by atoms with Crippen molar-refractivity contribution in [3.05, 3.63) is 61.8 Å². The summed E-state index contributed by atoms with van der Waals surface area (Å²) in [5.74, 6) is -0.264. The lowest BCUT2D eigenvalue weighted by Gasteiger charge is -2.18. The number of rotatable bonds is 3. The van der Waals surface area contributed by atoms with E-state index in [0.717, 1.165) is 5.56 Å². The van der Waals surface area contributed by atoms with Gasteiger partial charge in [-0.1, -0.05) is 46.4 Å². The SMILES string of the molecule is CN(Cc1cc(Cl)cc(Cl)c1)C(=O)c1cc(Cl)ncc1Cl. The maximum atomic E-state index is 12.4. The first kappa shape index (κ1) is 16.4. The van der Waals surface area contributed by atoms with Gasteiger partial charge in [-0.15, -0.1) is 0 Å². The number of benzene rings is 1. The van der Waals surface area contributed by atoms with Crippen LogP contribution in [0, 0.1) is 0 Å². The molecule has 2 aromatic rings. The fourth-order valence-corrected chi connectivity index (χ4v) is 2.74. The lowest BCUT2D eigenvalue weighted by molar-refractivity contribution is 0.0785. The van der Waals surface area contributed by atoms with E-state index in [1.54, 1.807) is 25.2 Å². The second-order valence-electron chi connectivity index (χ2n) is 4.43. The molecule has 0 atom stereocenters. The molecule has 0 aliphatic heterocycles. The summed E-state index contributed by atoms with van der Waals surface area (Å²) in [5.41, 5.74) is 1.12. The van der Waals surface area contributed by atoms with Gasteiger partial charge in [0.05, 0.1) is 10.6 Å². The van der Waals surface area contributed by atoms with Gasteiger partial charge in [0.1, 0.15) is 5.15 Å². The summed E-state index contributed by atoms with van der Waals surface area (Å²) in [6.45, 7) is 0.343. The normalized spacial score (nSPS) is 10.5. The van der Waals surface area contributed by atoms with E-state index >= 15 is 0 Å². The van der Waals surface area contributed by atoms with Crippen LogP contribution in [-0.2, 0) is 6.54 Å². The third-order valence-electron chi connectivity index (χ3n) is 2.74. The van der Waals surface area contributed by atoms with Crippen molar-refractivity contribution >= 4 is 52.3 Å². The average molecular weight is 364 g/mol. The Kier molecular flexibility index (Phi) is 5.33. The monoisotopic (exact) mass is 362 g/mol. The smallest absolute Gasteiger partial charge is 0.255 e. The first-order valence-corrected chi connectivity index (χ1v) is 7.39. The van der Waals surface area contributed by atoms with Gasteiger partial charge in [0.25, 0.3) is 5.91 Å². The van der Waals surface area contributed by atoms with Crippen LogP contribution in [-0.4, -0.2) is 22.8 Å². The molecule has 0 aliphatic rings. The van der Waals surface area contributed by atoms with Crippen molar-refractivity contribution in [3.8, 4) is 0 Å². The van der Waals surface area contributed by atoms with E-state index in [2.05, 4.69) is 4.98 Å². The first-order valence-electron chi connectivity index (χ1n) is 5.88.